The second kappa shape index (κ2) is 6.31. The van der Waals surface area contributed by atoms with Crippen molar-refractivity contribution >= 4 is 28.4 Å². The molecule has 0 radical (unpaired) electrons. The highest BCUT2D eigenvalue weighted by molar-refractivity contribution is 7.09. The molecule has 0 aliphatic rings. The summed E-state index contributed by atoms with van der Waals surface area (Å²) in [5.41, 5.74) is 3.00. The molecule has 7 nitrogen and oxygen atoms in total. The Hall–Kier alpha value is -2.19. The van der Waals surface area contributed by atoms with Crippen LogP contribution in [0.1, 0.15) is 17.8 Å². The summed E-state index contributed by atoms with van der Waals surface area (Å²) in [5, 5.41) is 17.1. The van der Waals surface area contributed by atoms with E-state index in [1.54, 1.807) is 35.7 Å². The number of anilines is 2. The summed E-state index contributed by atoms with van der Waals surface area (Å²) >= 11 is 1.57. The quantitative estimate of drug-likeness (QED) is 0.429. The van der Waals surface area contributed by atoms with Gasteiger partial charge in [-0.25, -0.2) is 4.98 Å². The van der Waals surface area contributed by atoms with E-state index in [0.29, 0.717) is 12.2 Å². The Morgan fingerprint density at radius 1 is 1.50 bits per heavy atom. The first kappa shape index (κ1) is 14.2. The predicted molar refractivity (Wildman–Crippen MR) is 79.9 cm³/mol. The molecular formula is C12H15N5O2S. The minimum Gasteiger partial charge on any atom is -0.379 e. The molecule has 0 aliphatic heterocycles. The lowest BCUT2D eigenvalue weighted by Crippen LogP contribution is -2.13. The van der Waals surface area contributed by atoms with Crippen molar-refractivity contribution in [2.45, 2.75) is 12.8 Å². The third-order valence-electron chi connectivity index (χ3n) is 2.85. The molecule has 4 N–H and O–H groups in total. The second-order valence-corrected chi connectivity index (χ2v) is 5.18. The van der Waals surface area contributed by atoms with E-state index < -0.39 is 4.92 Å². The SMILES string of the molecule is CC(CNc1cccc(NN)c1[N+](=O)[O-])c1nccs1. The first-order valence-corrected chi connectivity index (χ1v) is 6.88. The zero-order valence-corrected chi connectivity index (χ0v) is 11.7. The van der Waals surface area contributed by atoms with Crippen molar-refractivity contribution in [3.05, 3.63) is 44.9 Å². The van der Waals surface area contributed by atoms with Crippen molar-refractivity contribution in [3.63, 3.8) is 0 Å². The van der Waals surface area contributed by atoms with Crippen LogP contribution < -0.4 is 16.6 Å². The van der Waals surface area contributed by atoms with Gasteiger partial charge >= 0.3 is 5.69 Å². The van der Waals surface area contributed by atoms with Crippen LogP contribution in [0.5, 0.6) is 0 Å². The molecule has 2 aromatic rings. The van der Waals surface area contributed by atoms with E-state index in [1.807, 2.05) is 12.3 Å². The topological polar surface area (TPSA) is 106 Å². The summed E-state index contributed by atoms with van der Waals surface area (Å²) < 4.78 is 0. The third kappa shape index (κ3) is 3.03. The summed E-state index contributed by atoms with van der Waals surface area (Å²) in [4.78, 5) is 14.9. The number of para-hydroxylation sites is 1. The maximum atomic E-state index is 11.1. The molecule has 0 aliphatic carbocycles. The first-order valence-electron chi connectivity index (χ1n) is 6.00. The van der Waals surface area contributed by atoms with Crippen LogP contribution in [0, 0.1) is 10.1 Å². The molecule has 0 saturated carbocycles. The van der Waals surface area contributed by atoms with Crippen LogP contribution in [0.4, 0.5) is 17.1 Å². The molecule has 1 heterocycles. The van der Waals surface area contributed by atoms with Gasteiger partial charge in [0.05, 0.1) is 9.93 Å². The average molecular weight is 293 g/mol. The van der Waals surface area contributed by atoms with Crippen molar-refractivity contribution in [1.29, 1.82) is 0 Å². The van der Waals surface area contributed by atoms with Gasteiger partial charge in [0.25, 0.3) is 0 Å². The lowest BCUT2D eigenvalue weighted by atomic mass is 10.1. The molecule has 20 heavy (non-hydrogen) atoms. The van der Waals surface area contributed by atoms with Crippen molar-refractivity contribution in [2.24, 2.45) is 5.84 Å². The van der Waals surface area contributed by atoms with Crippen LogP contribution in [0.2, 0.25) is 0 Å². The number of aromatic nitrogens is 1. The van der Waals surface area contributed by atoms with Gasteiger partial charge in [0.2, 0.25) is 0 Å². The van der Waals surface area contributed by atoms with E-state index in [9.17, 15) is 10.1 Å². The van der Waals surface area contributed by atoms with Crippen LogP contribution in [0.15, 0.2) is 29.8 Å². The van der Waals surface area contributed by atoms with Crippen molar-refractivity contribution in [3.8, 4) is 0 Å². The summed E-state index contributed by atoms with van der Waals surface area (Å²) in [6, 6.07) is 4.93. The van der Waals surface area contributed by atoms with Crippen LogP contribution in [-0.4, -0.2) is 16.5 Å². The standard InChI is InChI=1S/C12H15N5O2S/c1-8(12-14-5-6-20-12)7-15-9-3-2-4-10(16-13)11(9)17(18)19/h2-6,8,15-16H,7,13H2,1H3. The molecule has 0 saturated heterocycles. The molecule has 8 heteroatoms. The van der Waals surface area contributed by atoms with Gasteiger partial charge < -0.3 is 10.7 Å². The Morgan fingerprint density at radius 2 is 2.25 bits per heavy atom. The smallest absolute Gasteiger partial charge is 0.316 e. The average Bonchev–Trinajstić information content (AvgIpc) is 2.98. The minimum atomic E-state index is -0.453. The lowest BCUT2D eigenvalue weighted by Gasteiger charge is -2.12. The molecular weight excluding hydrogens is 278 g/mol. The number of benzene rings is 1. The Bertz CT molecular complexity index is 588. The highest BCUT2D eigenvalue weighted by atomic mass is 32.1. The van der Waals surface area contributed by atoms with Gasteiger partial charge in [-0.3, -0.25) is 16.0 Å². The Morgan fingerprint density at radius 3 is 2.85 bits per heavy atom. The number of hydrogen-bond donors (Lipinski definition) is 3. The van der Waals surface area contributed by atoms with Gasteiger partial charge in [-0.1, -0.05) is 13.0 Å². The number of rotatable bonds is 6. The fraction of sp³-hybridized carbons (Fsp3) is 0.250. The van der Waals surface area contributed by atoms with Gasteiger partial charge in [-0.2, -0.15) is 0 Å². The first-order chi connectivity index (χ1) is 9.63. The zero-order valence-electron chi connectivity index (χ0n) is 10.9. The van der Waals surface area contributed by atoms with E-state index in [0.717, 1.165) is 5.01 Å². The number of hydrogen-bond acceptors (Lipinski definition) is 7. The molecule has 0 fully saturated rings. The maximum Gasteiger partial charge on any atom is 0.316 e. The second-order valence-electron chi connectivity index (χ2n) is 4.26. The summed E-state index contributed by atoms with van der Waals surface area (Å²) in [7, 11) is 0. The normalized spacial score (nSPS) is 11.9. The van der Waals surface area contributed by atoms with E-state index in [2.05, 4.69) is 15.7 Å². The Balaban J connectivity index is 2.15. The van der Waals surface area contributed by atoms with E-state index in [-0.39, 0.29) is 17.3 Å². The van der Waals surface area contributed by atoms with Crippen molar-refractivity contribution in [1.82, 2.24) is 4.98 Å². The predicted octanol–water partition coefficient (Wildman–Crippen LogP) is 2.55. The number of hydrazine groups is 1. The number of nitrogen functional groups attached to an aromatic ring is 1. The summed E-state index contributed by atoms with van der Waals surface area (Å²) in [6.45, 7) is 2.57. The molecule has 0 spiro atoms. The number of nitrogens with one attached hydrogen (secondary N) is 2. The number of nitrogens with zero attached hydrogens (tertiary/aromatic N) is 2. The van der Waals surface area contributed by atoms with Crippen LogP contribution >= 0.6 is 11.3 Å². The Labute approximate surface area is 120 Å². The van der Waals surface area contributed by atoms with Crippen LogP contribution in [0.3, 0.4) is 0 Å². The molecule has 0 amide bonds. The number of nitrogens with two attached hydrogens (primary N) is 1. The molecule has 106 valence electrons. The summed E-state index contributed by atoms with van der Waals surface area (Å²) in [5.74, 6) is 5.47. The fourth-order valence-electron chi connectivity index (χ4n) is 1.83. The highest BCUT2D eigenvalue weighted by Gasteiger charge is 2.19. The van der Waals surface area contributed by atoms with Crippen molar-refractivity contribution in [2.75, 3.05) is 17.3 Å². The molecule has 1 aromatic carbocycles. The van der Waals surface area contributed by atoms with Gasteiger partial charge in [0.1, 0.15) is 11.4 Å². The third-order valence-corrected chi connectivity index (χ3v) is 3.85. The molecule has 1 unspecified atom stereocenters. The number of nitro benzene ring substituents is 1. The molecule has 0 bridgehead atoms. The maximum absolute atomic E-state index is 11.1. The summed E-state index contributed by atoms with van der Waals surface area (Å²) in [6.07, 6.45) is 1.75. The van der Waals surface area contributed by atoms with Gasteiger partial charge in [-0.05, 0) is 12.1 Å². The molecule has 2 rings (SSSR count). The fourth-order valence-corrected chi connectivity index (χ4v) is 2.53. The lowest BCUT2D eigenvalue weighted by molar-refractivity contribution is -0.383. The molecule has 1 atom stereocenters. The largest absolute Gasteiger partial charge is 0.379 e. The highest BCUT2D eigenvalue weighted by Crippen LogP contribution is 2.32. The zero-order chi connectivity index (χ0) is 14.5. The number of thiazole rings is 1. The monoisotopic (exact) mass is 293 g/mol. The Kier molecular flexibility index (Phi) is 4.49. The van der Waals surface area contributed by atoms with Crippen molar-refractivity contribution < 1.29 is 4.92 Å². The van der Waals surface area contributed by atoms with Gasteiger partial charge in [0, 0.05) is 24.0 Å². The van der Waals surface area contributed by atoms with E-state index >= 15 is 0 Å². The van der Waals surface area contributed by atoms with E-state index in [4.69, 9.17) is 5.84 Å². The van der Waals surface area contributed by atoms with Gasteiger partial charge in [0.15, 0.2) is 0 Å². The minimum absolute atomic E-state index is 0.0543. The van der Waals surface area contributed by atoms with E-state index in [1.165, 1.54) is 0 Å². The van der Waals surface area contributed by atoms with Crippen LogP contribution in [0.25, 0.3) is 0 Å². The number of nitro groups is 1. The van der Waals surface area contributed by atoms with Gasteiger partial charge in [-0.15, -0.1) is 11.3 Å². The van der Waals surface area contributed by atoms with Crippen LogP contribution in [-0.2, 0) is 0 Å². The molecule has 1 aromatic heterocycles.